The Bertz CT molecular complexity index is 407. The average Bonchev–Trinajstić information content (AvgIpc) is 2.96. The Kier molecular flexibility index (Phi) is 5.94. The predicted octanol–water partition coefficient (Wildman–Crippen LogP) is -0.272. The van der Waals surface area contributed by atoms with E-state index in [1.165, 1.54) is 11.3 Å². The van der Waals surface area contributed by atoms with Crippen LogP contribution in [0.15, 0.2) is 17.5 Å². The van der Waals surface area contributed by atoms with Gasteiger partial charge in [0, 0.05) is 0 Å². The normalized spacial score (nSPS) is 11.1. The monoisotopic (exact) mass is 286 g/mol. The lowest BCUT2D eigenvalue weighted by molar-refractivity contribution is -0.123. The van der Waals surface area contributed by atoms with Crippen molar-refractivity contribution in [2.24, 2.45) is 0 Å². The van der Waals surface area contributed by atoms with Gasteiger partial charge in [0.05, 0.1) is 30.2 Å². The van der Waals surface area contributed by atoms with Gasteiger partial charge in [-0.2, -0.15) is 0 Å². The standard InChI is InChI=1S/C12H18N2O4S/c1-2-12(7-15,8-16)14-10(17)6-13-11(18)9-4-3-5-19-9/h3-5,15-16H,2,6-8H2,1H3,(H,13,18)(H,14,17). The molecule has 0 aliphatic carbocycles. The fourth-order valence-electron chi connectivity index (χ4n) is 1.44. The second-order valence-electron chi connectivity index (χ2n) is 4.16. The van der Waals surface area contributed by atoms with Crippen LogP contribution in [0.5, 0.6) is 0 Å². The molecular weight excluding hydrogens is 268 g/mol. The van der Waals surface area contributed by atoms with Gasteiger partial charge in [-0.1, -0.05) is 13.0 Å². The van der Waals surface area contributed by atoms with Crippen LogP contribution in [-0.4, -0.2) is 47.3 Å². The van der Waals surface area contributed by atoms with Gasteiger partial charge in [0.2, 0.25) is 5.91 Å². The van der Waals surface area contributed by atoms with E-state index in [9.17, 15) is 19.8 Å². The summed E-state index contributed by atoms with van der Waals surface area (Å²) in [5.74, 6) is -0.768. The van der Waals surface area contributed by atoms with Crippen LogP contribution in [0.2, 0.25) is 0 Å². The fraction of sp³-hybridized carbons (Fsp3) is 0.500. The molecule has 2 amide bonds. The second-order valence-corrected chi connectivity index (χ2v) is 5.11. The molecule has 0 aliphatic heterocycles. The maximum atomic E-state index is 11.7. The van der Waals surface area contributed by atoms with Gasteiger partial charge in [0.15, 0.2) is 0 Å². The van der Waals surface area contributed by atoms with Crippen LogP contribution in [0.3, 0.4) is 0 Å². The van der Waals surface area contributed by atoms with Crippen LogP contribution in [-0.2, 0) is 4.79 Å². The van der Waals surface area contributed by atoms with E-state index in [0.717, 1.165) is 0 Å². The molecule has 7 heteroatoms. The van der Waals surface area contributed by atoms with Gasteiger partial charge in [-0.05, 0) is 17.9 Å². The summed E-state index contributed by atoms with van der Waals surface area (Å²) in [6.07, 6.45) is 0.393. The topological polar surface area (TPSA) is 98.7 Å². The minimum atomic E-state index is -1.04. The summed E-state index contributed by atoms with van der Waals surface area (Å²) in [4.78, 5) is 23.8. The molecule has 1 aromatic heterocycles. The fourth-order valence-corrected chi connectivity index (χ4v) is 2.08. The van der Waals surface area contributed by atoms with Crippen LogP contribution in [0.1, 0.15) is 23.0 Å². The average molecular weight is 286 g/mol. The van der Waals surface area contributed by atoms with Gasteiger partial charge >= 0.3 is 0 Å². The molecule has 1 aromatic rings. The summed E-state index contributed by atoms with van der Waals surface area (Å²) in [6.45, 7) is 0.838. The predicted molar refractivity (Wildman–Crippen MR) is 72.0 cm³/mol. The van der Waals surface area contributed by atoms with Crippen molar-refractivity contribution < 1.29 is 19.8 Å². The molecule has 0 fully saturated rings. The summed E-state index contributed by atoms with van der Waals surface area (Å²) >= 11 is 1.29. The molecule has 19 heavy (non-hydrogen) atoms. The number of thiophene rings is 1. The molecule has 0 radical (unpaired) electrons. The van der Waals surface area contributed by atoms with E-state index < -0.39 is 11.4 Å². The Balaban J connectivity index is 2.45. The Morgan fingerprint density at radius 2 is 2.05 bits per heavy atom. The first kappa shape index (κ1) is 15.6. The van der Waals surface area contributed by atoms with E-state index in [4.69, 9.17) is 0 Å². The number of aliphatic hydroxyl groups excluding tert-OH is 2. The molecule has 0 atom stereocenters. The minimum absolute atomic E-state index is 0.196. The Morgan fingerprint density at radius 1 is 1.37 bits per heavy atom. The molecule has 0 saturated heterocycles. The van der Waals surface area contributed by atoms with Crippen molar-refractivity contribution in [2.75, 3.05) is 19.8 Å². The highest BCUT2D eigenvalue weighted by Crippen LogP contribution is 2.09. The highest BCUT2D eigenvalue weighted by atomic mass is 32.1. The molecule has 106 valence electrons. The molecular formula is C12H18N2O4S. The number of rotatable bonds is 7. The Hall–Kier alpha value is -1.44. The quantitative estimate of drug-likeness (QED) is 0.554. The second kappa shape index (κ2) is 7.22. The van der Waals surface area contributed by atoms with Crippen molar-refractivity contribution >= 4 is 23.2 Å². The molecule has 6 nitrogen and oxygen atoms in total. The van der Waals surface area contributed by atoms with Crippen LogP contribution >= 0.6 is 11.3 Å². The number of amides is 2. The van der Waals surface area contributed by atoms with Crippen LogP contribution in [0, 0.1) is 0 Å². The first-order valence-corrected chi connectivity index (χ1v) is 6.79. The van der Waals surface area contributed by atoms with E-state index in [2.05, 4.69) is 10.6 Å². The highest BCUT2D eigenvalue weighted by Gasteiger charge is 2.28. The molecule has 0 unspecified atom stereocenters. The van der Waals surface area contributed by atoms with Gasteiger partial charge in [-0.3, -0.25) is 9.59 Å². The number of hydrogen-bond acceptors (Lipinski definition) is 5. The molecule has 0 bridgehead atoms. The molecule has 0 spiro atoms. The highest BCUT2D eigenvalue weighted by molar-refractivity contribution is 7.12. The van der Waals surface area contributed by atoms with Crippen molar-refractivity contribution in [3.63, 3.8) is 0 Å². The van der Waals surface area contributed by atoms with E-state index in [1.54, 1.807) is 24.4 Å². The summed E-state index contributed by atoms with van der Waals surface area (Å²) < 4.78 is 0. The van der Waals surface area contributed by atoms with Gasteiger partial charge in [0.25, 0.3) is 5.91 Å². The maximum Gasteiger partial charge on any atom is 0.261 e. The van der Waals surface area contributed by atoms with Gasteiger partial charge in [-0.25, -0.2) is 0 Å². The Morgan fingerprint density at radius 3 is 2.53 bits per heavy atom. The number of carbonyl (C=O) groups excluding carboxylic acids is 2. The third kappa shape index (κ3) is 4.30. The van der Waals surface area contributed by atoms with Crippen molar-refractivity contribution in [3.05, 3.63) is 22.4 Å². The van der Waals surface area contributed by atoms with Gasteiger partial charge < -0.3 is 20.8 Å². The van der Waals surface area contributed by atoms with Gasteiger partial charge in [-0.15, -0.1) is 11.3 Å². The summed E-state index contributed by atoms with van der Waals surface area (Å²) in [5.41, 5.74) is -1.04. The van der Waals surface area contributed by atoms with E-state index in [0.29, 0.717) is 11.3 Å². The van der Waals surface area contributed by atoms with E-state index in [1.807, 2.05) is 0 Å². The van der Waals surface area contributed by atoms with Crippen molar-refractivity contribution in [1.82, 2.24) is 10.6 Å². The summed E-state index contributed by atoms with van der Waals surface area (Å²) in [5, 5.41) is 25.2. The smallest absolute Gasteiger partial charge is 0.261 e. The third-order valence-corrected chi connectivity index (χ3v) is 3.71. The van der Waals surface area contributed by atoms with Crippen LogP contribution < -0.4 is 10.6 Å². The molecule has 0 aliphatic rings. The van der Waals surface area contributed by atoms with Crippen molar-refractivity contribution in [1.29, 1.82) is 0 Å². The molecule has 0 saturated carbocycles. The SMILES string of the molecule is CCC(CO)(CO)NC(=O)CNC(=O)c1cccs1. The van der Waals surface area contributed by atoms with Crippen molar-refractivity contribution in [2.45, 2.75) is 18.9 Å². The van der Waals surface area contributed by atoms with E-state index in [-0.39, 0.29) is 25.7 Å². The van der Waals surface area contributed by atoms with Crippen LogP contribution in [0.25, 0.3) is 0 Å². The first-order chi connectivity index (χ1) is 9.06. The third-order valence-electron chi connectivity index (χ3n) is 2.84. The molecule has 1 heterocycles. The zero-order valence-electron chi connectivity index (χ0n) is 10.7. The number of carbonyl (C=O) groups is 2. The zero-order valence-corrected chi connectivity index (χ0v) is 11.5. The number of aliphatic hydroxyl groups is 2. The van der Waals surface area contributed by atoms with Crippen LogP contribution in [0.4, 0.5) is 0 Å². The number of hydrogen-bond donors (Lipinski definition) is 4. The summed E-state index contributed by atoms with van der Waals surface area (Å²) in [7, 11) is 0. The van der Waals surface area contributed by atoms with Crippen molar-refractivity contribution in [3.8, 4) is 0 Å². The maximum absolute atomic E-state index is 11.7. The molecule has 0 aromatic carbocycles. The number of nitrogens with one attached hydrogen (secondary N) is 2. The lowest BCUT2D eigenvalue weighted by Crippen LogP contribution is -2.55. The molecule has 4 N–H and O–H groups in total. The lowest BCUT2D eigenvalue weighted by atomic mass is 9.98. The molecule has 1 rings (SSSR count). The Labute approximate surface area is 115 Å². The minimum Gasteiger partial charge on any atom is -0.394 e. The van der Waals surface area contributed by atoms with E-state index >= 15 is 0 Å². The first-order valence-electron chi connectivity index (χ1n) is 5.91. The summed E-state index contributed by atoms with van der Waals surface area (Å²) in [6, 6.07) is 3.41. The largest absolute Gasteiger partial charge is 0.394 e. The van der Waals surface area contributed by atoms with Gasteiger partial charge in [0.1, 0.15) is 0 Å². The zero-order chi connectivity index (χ0) is 14.3. The lowest BCUT2D eigenvalue weighted by Gasteiger charge is -2.29.